The van der Waals surface area contributed by atoms with Crippen molar-refractivity contribution in [3.05, 3.63) is 44.4 Å². The molecule has 0 fully saturated rings. The molecule has 20 heavy (non-hydrogen) atoms. The molecule has 5 heteroatoms. The minimum atomic E-state index is -0.285. The molecule has 0 aliphatic heterocycles. The fourth-order valence-corrected chi connectivity index (χ4v) is 2.93. The molecule has 0 bridgehead atoms. The van der Waals surface area contributed by atoms with E-state index in [-0.39, 0.29) is 11.2 Å². The summed E-state index contributed by atoms with van der Waals surface area (Å²) < 4.78 is 14.7. The van der Waals surface area contributed by atoms with Crippen molar-refractivity contribution >= 4 is 28.1 Å². The van der Waals surface area contributed by atoms with Gasteiger partial charge in [0.25, 0.3) is 0 Å². The Hall–Kier alpha value is -1.07. The number of rotatable bonds is 1. The van der Waals surface area contributed by atoms with E-state index in [1.54, 1.807) is 6.07 Å². The average molecular weight is 355 g/mol. The van der Waals surface area contributed by atoms with Gasteiger partial charge in [-0.2, -0.15) is 0 Å². The summed E-state index contributed by atoms with van der Waals surface area (Å²) in [5.41, 5.74) is 2.52. The van der Waals surface area contributed by atoms with Gasteiger partial charge in [-0.05, 0) is 40.5 Å². The van der Waals surface area contributed by atoms with E-state index in [1.807, 2.05) is 6.92 Å². The van der Waals surface area contributed by atoms with Crippen molar-refractivity contribution in [2.24, 2.45) is 0 Å². The fourth-order valence-electron chi connectivity index (χ4n) is 1.95. The normalized spacial score (nSPS) is 11.7. The zero-order chi connectivity index (χ0) is 15.1. The van der Waals surface area contributed by atoms with Gasteiger partial charge in [0.1, 0.15) is 16.3 Å². The van der Waals surface area contributed by atoms with Crippen LogP contribution in [0.5, 0.6) is 0 Å². The maximum absolute atomic E-state index is 13.5. The molecule has 2 aromatic rings. The highest BCUT2D eigenvalue weighted by molar-refractivity contribution is 9.10. The summed E-state index contributed by atoms with van der Waals surface area (Å²) in [6, 6.07) is 4.66. The van der Waals surface area contributed by atoms with Crippen molar-refractivity contribution in [2.75, 3.05) is 0 Å². The van der Waals surface area contributed by atoms with Gasteiger partial charge >= 0.3 is 0 Å². The lowest BCUT2D eigenvalue weighted by Gasteiger charge is -2.21. The molecule has 2 nitrogen and oxygen atoms in total. The Morgan fingerprint density at radius 1 is 1.30 bits per heavy atom. The van der Waals surface area contributed by atoms with Crippen LogP contribution in [0.2, 0.25) is 0 Å². The number of aromatic nitrogens is 2. The highest BCUT2D eigenvalue weighted by Crippen LogP contribution is 2.31. The zero-order valence-corrected chi connectivity index (χ0v) is 14.2. The standard InChI is InChI=1S/C15H16BrFN2S/c1-8-5-6-9(17)7-10(8)13-18-12(15(2,3)4)11(16)14(20)19-13/h5-7H,1-4H3,(H,18,19,20). The molecule has 2 rings (SSSR count). The third-order valence-corrected chi connectivity index (χ3v) is 4.40. The van der Waals surface area contributed by atoms with E-state index in [9.17, 15) is 4.39 Å². The first-order chi connectivity index (χ1) is 9.20. The second-order valence-corrected chi connectivity index (χ2v) is 6.97. The Balaban J connectivity index is 2.74. The number of H-pyrrole nitrogens is 1. The molecule has 0 radical (unpaired) electrons. The third kappa shape index (κ3) is 2.99. The summed E-state index contributed by atoms with van der Waals surface area (Å²) >= 11 is 8.79. The molecular formula is C15H16BrFN2S. The quantitative estimate of drug-likeness (QED) is 0.702. The van der Waals surface area contributed by atoms with Gasteiger partial charge in [-0.25, -0.2) is 9.37 Å². The van der Waals surface area contributed by atoms with Crippen LogP contribution < -0.4 is 0 Å². The van der Waals surface area contributed by atoms with Gasteiger partial charge in [0.15, 0.2) is 0 Å². The number of nitrogens with one attached hydrogen (secondary N) is 1. The van der Waals surface area contributed by atoms with Crippen LogP contribution in [0.4, 0.5) is 4.39 Å². The molecule has 0 saturated carbocycles. The topological polar surface area (TPSA) is 28.7 Å². The summed E-state index contributed by atoms with van der Waals surface area (Å²) in [5.74, 6) is 0.312. The molecule has 0 unspecified atom stereocenters. The summed E-state index contributed by atoms with van der Waals surface area (Å²) in [7, 11) is 0. The summed E-state index contributed by atoms with van der Waals surface area (Å²) in [6.07, 6.45) is 0. The van der Waals surface area contributed by atoms with Crippen molar-refractivity contribution in [1.29, 1.82) is 0 Å². The molecule has 1 aromatic heterocycles. The minimum Gasteiger partial charge on any atom is -0.342 e. The van der Waals surface area contributed by atoms with Gasteiger partial charge in [-0.3, -0.25) is 0 Å². The first-order valence-corrected chi connectivity index (χ1v) is 7.47. The second kappa shape index (κ2) is 5.37. The maximum Gasteiger partial charge on any atom is 0.144 e. The highest BCUT2D eigenvalue weighted by Gasteiger charge is 2.21. The van der Waals surface area contributed by atoms with Crippen molar-refractivity contribution in [1.82, 2.24) is 9.97 Å². The van der Waals surface area contributed by atoms with Crippen LogP contribution in [0.25, 0.3) is 11.4 Å². The van der Waals surface area contributed by atoms with Crippen LogP contribution in [0.1, 0.15) is 32.0 Å². The Labute approximate surface area is 131 Å². The minimum absolute atomic E-state index is 0.120. The number of benzene rings is 1. The Morgan fingerprint density at radius 2 is 1.95 bits per heavy atom. The molecular weight excluding hydrogens is 339 g/mol. The number of hydrogen-bond donors (Lipinski definition) is 1. The van der Waals surface area contributed by atoms with E-state index in [4.69, 9.17) is 12.2 Å². The lowest BCUT2D eigenvalue weighted by Crippen LogP contribution is -2.16. The lowest BCUT2D eigenvalue weighted by molar-refractivity contribution is 0.563. The Kier molecular flexibility index (Phi) is 4.12. The Morgan fingerprint density at radius 3 is 2.55 bits per heavy atom. The number of halogens is 2. The SMILES string of the molecule is Cc1ccc(F)cc1-c1nc(=S)c(Br)c(C(C)(C)C)[nH]1. The first-order valence-electron chi connectivity index (χ1n) is 6.27. The molecule has 0 aliphatic rings. The first kappa shape index (κ1) is 15.3. The molecule has 0 amide bonds. The summed E-state index contributed by atoms with van der Waals surface area (Å²) in [5, 5.41) is 0. The molecule has 106 valence electrons. The van der Waals surface area contributed by atoms with Crippen molar-refractivity contribution < 1.29 is 4.39 Å². The number of aryl methyl sites for hydroxylation is 1. The monoisotopic (exact) mass is 354 g/mol. The van der Waals surface area contributed by atoms with Crippen LogP contribution in [0.15, 0.2) is 22.7 Å². The largest absolute Gasteiger partial charge is 0.342 e. The zero-order valence-electron chi connectivity index (χ0n) is 11.8. The third-order valence-electron chi connectivity index (χ3n) is 3.07. The van der Waals surface area contributed by atoms with E-state index in [0.29, 0.717) is 10.5 Å². The number of nitrogens with zero attached hydrogens (tertiary/aromatic N) is 1. The van der Waals surface area contributed by atoms with E-state index in [2.05, 4.69) is 46.7 Å². The molecule has 0 atom stereocenters. The van der Waals surface area contributed by atoms with Crippen molar-refractivity contribution in [3.8, 4) is 11.4 Å². The predicted octanol–water partition coefficient (Wildman–Crippen LogP) is 5.31. The van der Waals surface area contributed by atoms with Crippen LogP contribution in [-0.2, 0) is 5.41 Å². The van der Waals surface area contributed by atoms with Gasteiger partial charge in [0.05, 0.1) is 4.47 Å². The lowest BCUT2D eigenvalue weighted by atomic mass is 9.92. The van der Waals surface area contributed by atoms with Gasteiger partial charge in [-0.1, -0.05) is 39.1 Å². The number of hydrogen-bond acceptors (Lipinski definition) is 2. The van der Waals surface area contributed by atoms with Gasteiger partial charge in [0.2, 0.25) is 0 Å². The van der Waals surface area contributed by atoms with Crippen LogP contribution >= 0.6 is 28.1 Å². The van der Waals surface area contributed by atoms with E-state index in [1.165, 1.54) is 12.1 Å². The van der Waals surface area contributed by atoms with Crippen molar-refractivity contribution in [2.45, 2.75) is 33.1 Å². The van der Waals surface area contributed by atoms with Crippen molar-refractivity contribution in [3.63, 3.8) is 0 Å². The van der Waals surface area contributed by atoms with E-state index < -0.39 is 0 Å². The summed E-state index contributed by atoms with van der Waals surface area (Å²) in [4.78, 5) is 7.65. The predicted molar refractivity (Wildman–Crippen MR) is 86.0 cm³/mol. The second-order valence-electron chi connectivity index (χ2n) is 5.79. The van der Waals surface area contributed by atoms with Gasteiger partial charge in [-0.15, -0.1) is 0 Å². The smallest absolute Gasteiger partial charge is 0.144 e. The molecule has 1 aromatic carbocycles. The van der Waals surface area contributed by atoms with E-state index in [0.717, 1.165) is 21.3 Å². The van der Waals surface area contributed by atoms with E-state index >= 15 is 0 Å². The molecule has 0 aliphatic carbocycles. The van der Waals surface area contributed by atoms with Crippen LogP contribution in [-0.4, -0.2) is 9.97 Å². The number of aromatic amines is 1. The van der Waals surface area contributed by atoms with Gasteiger partial charge in [0, 0.05) is 16.7 Å². The van der Waals surface area contributed by atoms with Crippen LogP contribution in [0, 0.1) is 17.4 Å². The summed E-state index contributed by atoms with van der Waals surface area (Å²) in [6.45, 7) is 8.17. The molecule has 1 heterocycles. The average Bonchev–Trinajstić information content (AvgIpc) is 2.34. The Bertz CT molecular complexity index is 717. The molecule has 0 spiro atoms. The highest BCUT2D eigenvalue weighted by atomic mass is 79.9. The van der Waals surface area contributed by atoms with Gasteiger partial charge < -0.3 is 4.98 Å². The maximum atomic E-state index is 13.5. The molecule has 1 N–H and O–H groups in total. The fraction of sp³-hybridized carbons (Fsp3) is 0.333. The molecule has 0 saturated heterocycles. The van der Waals surface area contributed by atoms with Crippen LogP contribution in [0.3, 0.4) is 0 Å².